The molecular formula is C16H22N4O2. The number of methoxy groups -OCH3 is 1. The number of aromatic nitrogens is 3. The highest BCUT2D eigenvalue weighted by molar-refractivity contribution is 6.01. The van der Waals surface area contributed by atoms with Gasteiger partial charge in [0.2, 0.25) is 0 Å². The number of rotatable bonds is 3. The van der Waals surface area contributed by atoms with Gasteiger partial charge in [0, 0.05) is 31.0 Å². The van der Waals surface area contributed by atoms with Crippen molar-refractivity contribution in [2.24, 2.45) is 5.41 Å². The van der Waals surface area contributed by atoms with Gasteiger partial charge in [-0.1, -0.05) is 13.8 Å². The molecule has 0 spiro atoms. The maximum absolute atomic E-state index is 12.7. The molecule has 2 heterocycles. The maximum atomic E-state index is 12.7. The van der Waals surface area contributed by atoms with Crippen molar-refractivity contribution in [2.75, 3.05) is 7.11 Å². The summed E-state index contributed by atoms with van der Waals surface area (Å²) in [4.78, 5) is 17.0. The van der Waals surface area contributed by atoms with Crippen molar-refractivity contribution in [3.63, 3.8) is 0 Å². The molecule has 0 radical (unpaired) electrons. The predicted octanol–water partition coefficient (Wildman–Crippen LogP) is 1.97. The van der Waals surface area contributed by atoms with Gasteiger partial charge in [-0.05, 0) is 26.3 Å². The van der Waals surface area contributed by atoms with Gasteiger partial charge in [0.25, 0.3) is 5.91 Å². The van der Waals surface area contributed by atoms with E-state index in [9.17, 15) is 4.79 Å². The summed E-state index contributed by atoms with van der Waals surface area (Å²) in [7, 11) is 1.72. The molecule has 1 aliphatic carbocycles. The molecule has 22 heavy (non-hydrogen) atoms. The third-order valence-electron chi connectivity index (χ3n) is 5.38. The fraction of sp³-hybridized carbons (Fsp3) is 0.562. The van der Waals surface area contributed by atoms with Crippen molar-refractivity contribution in [1.82, 2.24) is 19.9 Å². The van der Waals surface area contributed by atoms with Crippen LogP contribution < -0.4 is 5.32 Å². The van der Waals surface area contributed by atoms with Gasteiger partial charge >= 0.3 is 0 Å². The maximum Gasteiger partial charge on any atom is 0.257 e. The number of amides is 1. The summed E-state index contributed by atoms with van der Waals surface area (Å²) in [5, 5.41) is 7.45. The summed E-state index contributed by atoms with van der Waals surface area (Å²) in [5.74, 6) is -0.123. The van der Waals surface area contributed by atoms with Gasteiger partial charge in [0.05, 0.1) is 11.3 Å². The lowest BCUT2D eigenvalue weighted by molar-refractivity contribution is -0.177. The molecule has 3 rings (SSSR count). The van der Waals surface area contributed by atoms with E-state index in [0.29, 0.717) is 16.9 Å². The van der Waals surface area contributed by atoms with E-state index in [1.165, 1.54) is 0 Å². The molecule has 0 saturated heterocycles. The SMILES string of the molecule is CO[C@@]1(C)C[C@@H](NC(=O)c2c(C)nn3cccnc23)C1(C)C. The monoisotopic (exact) mass is 302 g/mol. The molecule has 2 aromatic rings. The third kappa shape index (κ3) is 1.94. The van der Waals surface area contributed by atoms with Crippen molar-refractivity contribution >= 4 is 11.6 Å². The number of carbonyl (C=O) groups excluding carboxylic acids is 1. The lowest BCUT2D eigenvalue weighted by Gasteiger charge is -2.59. The quantitative estimate of drug-likeness (QED) is 0.941. The predicted molar refractivity (Wildman–Crippen MR) is 82.8 cm³/mol. The first kappa shape index (κ1) is 15.0. The Bertz CT molecular complexity index is 737. The first-order valence-electron chi connectivity index (χ1n) is 7.46. The van der Waals surface area contributed by atoms with Gasteiger partial charge in [0.1, 0.15) is 5.56 Å². The van der Waals surface area contributed by atoms with Gasteiger partial charge in [0.15, 0.2) is 5.65 Å². The second kappa shape index (κ2) is 4.78. The Morgan fingerprint density at radius 2 is 2.18 bits per heavy atom. The van der Waals surface area contributed by atoms with E-state index < -0.39 is 0 Å². The van der Waals surface area contributed by atoms with Crippen molar-refractivity contribution in [2.45, 2.75) is 45.8 Å². The molecule has 0 unspecified atom stereocenters. The van der Waals surface area contributed by atoms with E-state index in [2.05, 4.69) is 36.2 Å². The first-order chi connectivity index (χ1) is 10.3. The van der Waals surface area contributed by atoms with Crippen LogP contribution in [0.15, 0.2) is 18.5 Å². The van der Waals surface area contributed by atoms with Crippen molar-refractivity contribution in [3.8, 4) is 0 Å². The normalized spacial score (nSPS) is 26.7. The number of nitrogens with zero attached hydrogens (tertiary/aromatic N) is 3. The summed E-state index contributed by atoms with van der Waals surface area (Å²) in [6.07, 6.45) is 4.26. The van der Waals surface area contributed by atoms with Crippen LogP contribution in [0.25, 0.3) is 5.65 Å². The molecule has 0 bridgehead atoms. The van der Waals surface area contributed by atoms with Gasteiger partial charge in [-0.25, -0.2) is 9.50 Å². The molecule has 118 valence electrons. The van der Waals surface area contributed by atoms with Crippen LogP contribution in [0.3, 0.4) is 0 Å². The summed E-state index contributed by atoms with van der Waals surface area (Å²) < 4.78 is 7.24. The molecule has 1 aliphatic rings. The molecule has 1 amide bonds. The van der Waals surface area contributed by atoms with E-state index in [4.69, 9.17) is 4.74 Å². The zero-order valence-corrected chi connectivity index (χ0v) is 13.7. The fourth-order valence-corrected chi connectivity index (χ4v) is 3.22. The Balaban J connectivity index is 1.85. The highest BCUT2D eigenvalue weighted by atomic mass is 16.5. The third-order valence-corrected chi connectivity index (χ3v) is 5.38. The van der Waals surface area contributed by atoms with E-state index in [1.54, 1.807) is 30.1 Å². The van der Waals surface area contributed by atoms with Crippen LogP contribution in [0.1, 0.15) is 43.2 Å². The number of aryl methyl sites for hydroxylation is 1. The van der Waals surface area contributed by atoms with Crippen molar-refractivity contribution < 1.29 is 9.53 Å². The molecular weight excluding hydrogens is 280 g/mol. The Kier molecular flexibility index (Phi) is 3.25. The second-order valence-electron chi connectivity index (χ2n) is 6.74. The molecule has 6 nitrogen and oxygen atoms in total. The van der Waals surface area contributed by atoms with Crippen LogP contribution in [0.2, 0.25) is 0 Å². The average molecular weight is 302 g/mol. The molecule has 1 N–H and O–H groups in total. The second-order valence-corrected chi connectivity index (χ2v) is 6.74. The highest BCUT2D eigenvalue weighted by Gasteiger charge is 2.58. The van der Waals surface area contributed by atoms with Crippen LogP contribution in [-0.2, 0) is 4.74 Å². The lowest BCUT2D eigenvalue weighted by Crippen LogP contribution is -2.68. The minimum absolute atomic E-state index is 0.0722. The Morgan fingerprint density at radius 1 is 1.45 bits per heavy atom. The molecule has 1 saturated carbocycles. The summed E-state index contributed by atoms with van der Waals surface area (Å²) in [6.45, 7) is 8.14. The Hall–Kier alpha value is -1.95. The molecule has 1 fully saturated rings. The van der Waals surface area contributed by atoms with E-state index in [1.807, 2.05) is 6.92 Å². The standard InChI is InChI=1S/C16H22N4O2/c1-10-12(13-17-7-6-8-20(13)19-10)14(21)18-11-9-16(4,22-5)15(11,2)3/h6-8,11H,9H2,1-5H3,(H,18,21)/t11-,16+/m1/s1. The minimum Gasteiger partial charge on any atom is -0.378 e. The van der Waals surface area contributed by atoms with Crippen molar-refractivity contribution in [1.29, 1.82) is 0 Å². The van der Waals surface area contributed by atoms with Crippen LogP contribution in [-0.4, -0.2) is 39.3 Å². The number of nitrogens with one attached hydrogen (secondary N) is 1. The lowest BCUT2D eigenvalue weighted by atomic mass is 9.56. The molecule has 2 aromatic heterocycles. The number of carbonyl (C=O) groups is 1. The van der Waals surface area contributed by atoms with Crippen molar-refractivity contribution in [3.05, 3.63) is 29.7 Å². The average Bonchev–Trinajstić information content (AvgIpc) is 2.82. The molecule has 0 aromatic carbocycles. The van der Waals surface area contributed by atoms with Gasteiger partial charge in [-0.15, -0.1) is 0 Å². The molecule has 6 heteroatoms. The largest absolute Gasteiger partial charge is 0.378 e. The zero-order valence-electron chi connectivity index (χ0n) is 13.7. The number of fused-ring (bicyclic) bond motifs is 1. The van der Waals surface area contributed by atoms with E-state index in [-0.39, 0.29) is 23.0 Å². The molecule has 0 aliphatic heterocycles. The summed E-state index contributed by atoms with van der Waals surface area (Å²) >= 11 is 0. The van der Waals surface area contributed by atoms with Crippen LogP contribution >= 0.6 is 0 Å². The van der Waals surface area contributed by atoms with E-state index in [0.717, 1.165) is 6.42 Å². The minimum atomic E-state index is -0.209. The number of hydrogen-bond donors (Lipinski definition) is 1. The van der Waals surface area contributed by atoms with Gasteiger partial charge < -0.3 is 10.1 Å². The van der Waals surface area contributed by atoms with E-state index >= 15 is 0 Å². The van der Waals surface area contributed by atoms with Gasteiger partial charge in [-0.2, -0.15) is 5.10 Å². The van der Waals surface area contributed by atoms with Gasteiger partial charge in [-0.3, -0.25) is 4.79 Å². The van der Waals surface area contributed by atoms with Crippen LogP contribution in [0, 0.1) is 12.3 Å². The van der Waals surface area contributed by atoms with Crippen LogP contribution in [0.4, 0.5) is 0 Å². The summed E-state index contributed by atoms with van der Waals surface area (Å²) in [5.41, 5.74) is 1.48. The Labute approximate surface area is 129 Å². The fourth-order valence-electron chi connectivity index (χ4n) is 3.22. The Morgan fingerprint density at radius 3 is 2.82 bits per heavy atom. The summed E-state index contributed by atoms with van der Waals surface area (Å²) in [6, 6.07) is 1.86. The highest BCUT2D eigenvalue weighted by Crippen LogP contribution is 2.51. The number of hydrogen-bond acceptors (Lipinski definition) is 4. The topological polar surface area (TPSA) is 68.5 Å². The first-order valence-corrected chi connectivity index (χ1v) is 7.46. The zero-order chi connectivity index (χ0) is 16.1. The smallest absolute Gasteiger partial charge is 0.257 e. The molecule has 2 atom stereocenters. The van der Waals surface area contributed by atoms with Crippen LogP contribution in [0.5, 0.6) is 0 Å². The number of ether oxygens (including phenoxy) is 1.